The van der Waals surface area contributed by atoms with Gasteiger partial charge in [0.25, 0.3) is 0 Å². The van der Waals surface area contributed by atoms with Gasteiger partial charge in [0.1, 0.15) is 11.5 Å². The van der Waals surface area contributed by atoms with E-state index in [-0.39, 0.29) is 5.92 Å². The molecule has 88 valence electrons. The van der Waals surface area contributed by atoms with Gasteiger partial charge in [-0.2, -0.15) is 0 Å². The van der Waals surface area contributed by atoms with E-state index < -0.39 is 0 Å². The first-order valence-electron chi connectivity index (χ1n) is 5.33. The van der Waals surface area contributed by atoms with E-state index in [1.807, 2.05) is 26.0 Å². The van der Waals surface area contributed by atoms with Crippen LogP contribution in [0.15, 0.2) is 28.7 Å². The van der Waals surface area contributed by atoms with Gasteiger partial charge in [-0.15, -0.1) is 0 Å². The number of oxazole rings is 1. The second-order valence-electron chi connectivity index (χ2n) is 4.05. The standard InChI is InChI=1S/C13H12ClNO2/c1-8(2)12-11(7-16)15-13(17-12)9-3-5-10(14)6-4-9/h3-8H,1-2H3. The molecule has 0 aliphatic rings. The largest absolute Gasteiger partial charge is 0.440 e. The lowest BCUT2D eigenvalue weighted by atomic mass is 10.1. The molecule has 0 bridgehead atoms. The number of aldehydes is 1. The fourth-order valence-corrected chi connectivity index (χ4v) is 1.68. The van der Waals surface area contributed by atoms with Gasteiger partial charge in [0.05, 0.1) is 0 Å². The van der Waals surface area contributed by atoms with E-state index in [0.717, 1.165) is 11.8 Å². The molecule has 0 saturated heterocycles. The second-order valence-corrected chi connectivity index (χ2v) is 4.48. The molecular formula is C13H12ClNO2. The molecule has 3 nitrogen and oxygen atoms in total. The first kappa shape index (κ1) is 11.9. The van der Waals surface area contributed by atoms with Crippen LogP contribution in [0, 0.1) is 0 Å². The van der Waals surface area contributed by atoms with Crippen molar-refractivity contribution in [1.82, 2.24) is 4.98 Å². The third kappa shape index (κ3) is 2.39. The Labute approximate surface area is 104 Å². The molecule has 0 aliphatic carbocycles. The van der Waals surface area contributed by atoms with Gasteiger partial charge in [-0.05, 0) is 24.3 Å². The lowest BCUT2D eigenvalue weighted by Crippen LogP contribution is -1.90. The van der Waals surface area contributed by atoms with Crippen LogP contribution in [0.5, 0.6) is 0 Å². The average molecular weight is 250 g/mol. The summed E-state index contributed by atoms with van der Waals surface area (Å²) >= 11 is 5.81. The van der Waals surface area contributed by atoms with Crippen molar-refractivity contribution < 1.29 is 9.21 Å². The summed E-state index contributed by atoms with van der Waals surface area (Å²) in [7, 11) is 0. The van der Waals surface area contributed by atoms with Crippen molar-refractivity contribution in [2.45, 2.75) is 19.8 Å². The molecule has 0 radical (unpaired) electrons. The van der Waals surface area contributed by atoms with Gasteiger partial charge in [0, 0.05) is 16.5 Å². The molecule has 0 atom stereocenters. The number of carbonyl (C=O) groups is 1. The zero-order valence-electron chi connectivity index (χ0n) is 9.61. The Bertz CT molecular complexity index is 529. The van der Waals surface area contributed by atoms with Gasteiger partial charge >= 0.3 is 0 Å². The SMILES string of the molecule is CC(C)c1oc(-c2ccc(Cl)cc2)nc1C=O. The molecule has 0 amide bonds. The highest BCUT2D eigenvalue weighted by atomic mass is 35.5. The van der Waals surface area contributed by atoms with Crippen molar-refractivity contribution in [3.8, 4) is 11.5 Å². The quantitative estimate of drug-likeness (QED) is 0.774. The van der Waals surface area contributed by atoms with Crippen LogP contribution in [-0.4, -0.2) is 11.3 Å². The maximum atomic E-state index is 10.9. The summed E-state index contributed by atoms with van der Waals surface area (Å²) in [5, 5.41) is 0.653. The van der Waals surface area contributed by atoms with E-state index in [1.54, 1.807) is 12.1 Å². The summed E-state index contributed by atoms with van der Waals surface area (Å²) in [5.41, 5.74) is 1.18. The van der Waals surface area contributed by atoms with E-state index in [0.29, 0.717) is 22.4 Å². The molecule has 2 rings (SSSR count). The molecule has 0 saturated carbocycles. The summed E-state index contributed by atoms with van der Waals surface area (Å²) < 4.78 is 5.61. The molecule has 0 N–H and O–H groups in total. The molecule has 0 spiro atoms. The molecule has 1 heterocycles. The predicted octanol–water partition coefficient (Wildman–Crippen LogP) is 3.93. The van der Waals surface area contributed by atoms with Crippen LogP contribution in [0.3, 0.4) is 0 Å². The number of hydrogen-bond donors (Lipinski definition) is 0. The zero-order valence-corrected chi connectivity index (χ0v) is 10.4. The summed E-state index contributed by atoms with van der Waals surface area (Å²) in [4.78, 5) is 15.1. The maximum Gasteiger partial charge on any atom is 0.226 e. The van der Waals surface area contributed by atoms with Crippen molar-refractivity contribution in [3.05, 3.63) is 40.7 Å². The number of benzene rings is 1. The fraction of sp³-hybridized carbons (Fsp3) is 0.231. The first-order chi connectivity index (χ1) is 8.11. The van der Waals surface area contributed by atoms with E-state index in [1.165, 1.54) is 0 Å². The van der Waals surface area contributed by atoms with Gasteiger partial charge in [0.2, 0.25) is 5.89 Å². The van der Waals surface area contributed by atoms with Crippen LogP contribution < -0.4 is 0 Å². The van der Waals surface area contributed by atoms with Crippen LogP contribution in [-0.2, 0) is 0 Å². The normalized spacial score (nSPS) is 10.8. The molecule has 0 unspecified atom stereocenters. The highest BCUT2D eigenvalue weighted by Gasteiger charge is 2.16. The third-order valence-corrected chi connectivity index (χ3v) is 2.66. The summed E-state index contributed by atoms with van der Waals surface area (Å²) in [6.07, 6.45) is 0.720. The highest BCUT2D eigenvalue weighted by molar-refractivity contribution is 6.30. The van der Waals surface area contributed by atoms with Crippen molar-refractivity contribution in [1.29, 1.82) is 0 Å². The van der Waals surface area contributed by atoms with Gasteiger partial charge in [-0.25, -0.2) is 4.98 Å². The van der Waals surface area contributed by atoms with E-state index in [9.17, 15) is 4.79 Å². The number of halogens is 1. The van der Waals surface area contributed by atoms with Crippen molar-refractivity contribution in [2.24, 2.45) is 0 Å². The smallest absolute Gasteiger partial charge is 0.226 e. The van der Waals surface area contributed by atoms with E-state index in [4.69, 9.17) is 16.0 Å². The molecule has 0 fully saturated rings. The Kier molecular flexibility index (Phi) is 3.29. The van der Waals surface area contributed by atoms with Crippen LogP contribution >= 0.6 is 11.6 Å². The Morgan fingerprint density at radius 1 is 1.29 bits per heavy atom. The van der Waals surface area contributed by atoms with Crippen LogP contribution in [0.2, 0.25) is 5.02 Å². The average Bonchev–Trinajstić information content (AvgIpc) is 2.74. The van der Waals surface area contributed by atoms with E-state index in [2.05, 4.69) is 4.98 Å². The summed E-state index contributed by atoms with van der Waals surface area (Å²) in [5.74, 6) is 1.20. The number of nitrogens with zero attached hydrogens (tertiary/aromatic N) is 1. The second kappa shape index (κ2) is 4.72. The number of hydrogen-bond acceptors (Lipinski definition) is 3. The lowest BCUT2D eigenvalue weighted by molar-refractivity contribution is 0.111. The van der Waals surface area contributed by atoms with Crippen molar-refractivity contribution >= 4 is 17.9 Å². The first-order valence-corrected chi connectivity index (χ1v) is 5.71. The van der Waals surface area contributed by atoms with Gasteiger partial charge in [-0.3, -0.25) is 4.79 Å². The Hall–Kier alpha value is -1.61. The monoisotopic (exact) mass is 249 g/mol. The summed E-state index contributed by atoms with van der Waals surface area (Å²) in [6, 6.07) is 7.15. The van der Waals surface area contributed by atoms with Crippen LogP contribution in [0.25, 0.3) is 11.5 Å². The molecule has 1 aromatic heterocycles. The van der Waals surface area contributed by atoms with Crippen molar-refractivity contribution in [3.63, 3.8) is 0 Å². The third-order valence-electron chi connectivity index (χ3n) is 2.41. The van der Waals surface area contributed by atoms with Gasteiger partial charge < -0.3 is 4.42 Å². The molecule has 4 heteroatoms. The van der Waals surface area contributed by atoms with Crippen LogP contribution in [0.1, 0.15) is 36.0 Å². The zero-order chi connectivity index (χ0) is 12.4. The van der Waals surface area contributed by atoms with Crippen molar-refractivity contribution in [2.75, 3.05) is 0 Å². The number of aromatic nitrogens is 1. The number of carbonyl (C=O) groups excluding carboxylic acids is 1. The Morgan fingerprint density at radius 2 is 1.94 bits per heavy atom. The molecule has 17 heavy (non-hydrogen) atoms. The number of rotatable bonds is 3. The summed E-state index contributed by atoms with van der Waals surface area (Å²) in [6.45, 7) is 3.91. The molecule has 2 aromatic rings. The minimum Gasteiger partial charge on any atom is -0.440 e. The molecule has 0 aliphatic heterocycles. The minimum atomic E-state index is 0.128. The van der Waals surface area contributed by atoms with Crippen LogP contribution in [0.4, 0.5) is 0 Å². The highest BCUT2D eigenvalue weighted by Crippen LogP contribution is 2.26. The Morgan fingerprint density at radius 3 is 2.41 bits per heavy atom. The van der Waals surface area contributed by atoms with E-state index >= 15 is 0 Å². The molecular weight excluding hydrogens is 238 g/mol. The molecule has 1 aromatic carbocycles. The predicted molar refractivity (Wildman–Crippen MR) is 66.4 cm³/mol. The van der Waals surface area contributed by atoms with Gasteiger partial charge in [0.15, 0.2) is 6.29 Å². The topological polar surface area (TPSA) is 43.1 Å². The lowest BCUT2D eigenvalue weighted by Gasteiger charge is -1.99. The van der Waals surface area contributed by atoms with Gasteiger partial charge in [-0.1, -0.05) is 25.4 Å². The Balaban J connectivity index is 2.46. The minimum absolute atomic E-state index is 0.128. The maximum absolute atomic E-state index is 10.9. The fourth-order valence-electron chi connectivity index (χ4n) is 1.56.